The molecule has 0 unspecified atom stereocenters. The minimum atomic E-state index is -0.772. The molecule has 66 heavy (non-hydrogen) atoms. The van der Waals surface area contributed by atoms with Gasteiger partial charge in [0.15, 0.2) is 0 Å². The van der Waals surface area contributed by atoms with Gasteiger partial charge in [0.2, 0.25) is 0 Å². The maximum Gasteiger partial charge on any atom is 1.00 e. The Labute approximate surface area is 441 Å². The Bertz CT molecular complexity index is 1980. The van der Waals surface area contributed by atoms with Crippen molar-refractivity contribution in [1.82, 2.24) is 0 Å². The van der Waals surface area contributed by atoms with Crippen LogP contribution in [0.2, 0.25) is 0 Å². The van der Waals surface area contributed by atoms with Crippen molar-refractivity contribution in [2.45, 2.75) is 176 Å². The van der Waals surface area contributed by atoms with Crippen molar-refractivity contribution in [1.29, 1.82) is 0 Å². The Morgan fingerprint density at radius 3 is 1.20 bits per heavy atom. The van der Waals surface area contributed by atoms with E-state index in [0.29, 0.717) is 9.94 Å². The molecule has 0 aromatic heterocycles. The third-order valence-corrected chi connectivity index (χ3v) is 11.4. The third-order valence-electron chi connectivity index (χ3n) is 10.9. The molecule has 5 rings (SSSR count). The molecule has 0 bridgehead atoms. The van der Waals surface area contributed by atoms with Crippen LogP contribution < -0.4 is 67.5 Å². The van der Waals surface area contributed by atoms with E-state index in [2.05, 4.69) is 26.6 Å². The van der Waals surface area contributed by atoms with E-state index < -0.39 is 65.6 Å². The first kappa shape index (κ1) is 61.5. The second-order valence-electron chi connectivity index (χ2n) is 20.2. The summed E-state index contributed by atoms with van der Waals surface area (Å²) in [5.74, 6) is 0. The molecule has 0 spiro atoms. The number of ether oxygens (including phenoxy) is 2. The standard InChI is InChI=1S/C17H25BN2O6.C12H24B2O4.C11H13BrN2O4.C2H3O.K/c1-15(2,3)24-14(21)19-12-10-11(8-9-13(12)20(22)23)18-25-16(4,5)17(6,7)26-18;1-9(2)10(3,4)16-13(15-9)14-17-11(5,6)12(7,8)18-14;1-11(2,3)18-10(15)13-8-6-7(12)4-5-9(8)14(16)17;1-2-3;/h8-10H,1-7H3,(H,19,21);1-8H3;4-6H,1-3H3,(H,13,15);1H3;/q;;;-1;+1. The van der Waals surface area contributed by atoms with Gasteiger partial charge in [-0.05, 0) is 148 Å². The van der Waals surface area contributed by atoms with Crippen molar-refractivity contribution in [2.24, 2.45) is 0 Å². The van der Waals surface area contributed by atoms with Crippen LogP contribution in [0.25, 0.3) is 0 Å². The zero-order valence-corrected chi connectivity index (χ0v) is 46.8. The van der Waals surface area contributed by atoms with Gasteiger partial charge in [-0.1, -0.05) is 22.0 Å². The van der Waals surface area contributed by atoms with Crippen LogP contribution in [0, 0.1) is 20.2 Å². The van der Waals surface area contributed by atoms with Crippen LogP contribution >= 0.6 is 15.9 Å². The van der Waals surface area contributed by atoms with Crippen molar-refractivity contribution >= 4 is 83.8 Å². The summed E-state index contributed by atoms with van der Waals surface area (Å²) in [4.78, 5) is 53.2. The van der Waals surface area contributed by atoms with E-state index in [1.54, 1.807) is 47.6 Å². The SMILES string of the molecule is CC(C)(C)OC(=O)Nc1cc(B2OC(C)(C)C(C)(C)O2)ccc1[N+](=O)[O-].CC(C)(C)OC(=O)Nc1cc(Br)ccc1[N+](=O)[O-].CC1(C)OB(B2OC(C)(C)C(C)(C)O2)OC1(C)C.C[C-]=O.[K+]. The fourth-order valence-corrected chi connectivity index (χ4v) is 5.89. The zero-order valence-electron chi connectivity index (χ0n) is 42.1. The second kappa shape index (κ2) is 23.0. The molecule has 0 aliphatic carbocycles. The van der Waals surface area contributed by atoms with Crippen LogP contribution in [0.3, 0.4) is 0 Å². The maximum absolute atomic E-state index is 12.0. The van der Waals surface area contributed by atoms with E-state index in [-0.39, 0.29) is 96.5 Å². The normalized spacial score (nSPS) is 19.2. The number of carbonyl (C=O) groups is 2. The summed E-state index contributed by atoms with van der Waals surface area (Å²) in [6.07, 6.45) is -0.00429. The zero-order chi connectivity index (χ0) is 50.5. The van der Waals surface area contributed by atoms with Gasteiger partial charge in [0, 0.05) is 16.6 Å². The van der Waals surface area contributed by atoms with Gasteiger partial charge in [-0.25, -0.2) is 9.59 Å². The van der Waals surface area contributed by atoms with Gasteiger partial charge >= 0.3 is 84.7 Å². The number of nitro groups is 2. The number of nitrogens with zero attached hydrogens (tertiary/aromatic N) is 2. The summed E-state index contributed by atoms with van der Waals surface area (Å²) in [6, 6.07) is 8.62. The van der Waals surface area contributed by atoms with Gasteiger partial charge in [0.05, 0.1) is 43.5 Å². The Hall–Kier alpha value is -2.48. The van der Waals surface area contributed by atoms with E-state index in [1.807, 2.05) is 83.1 Å². The molecule has 2 amide bonds. The van der Waals surface area contributed by atoms with Crippen molar-refractivity contribution < 1.29 is 113 Å². The average Bonchev–Trinajstić information content (AvgIpc) is 3.56. The molecular weight excluding hydrogens is 952 g/mol. The van der Waals surface area contributed by atoms with E-state index in [0.717, 1.165) is 0 Å². The average molecular weight is 1020 g/mol. The minimum absolute atomic E-state index is 0. The Morgan fingerprint density at radius 2 is 0.894 bits per heavy atom. The van der Waals surface area contributed by atoms with Crippen molar-refractivity contribution in [2.75, 3.05) is 10.6 Å². The van der Waals surface area contributed by atoms with Gasteiger partial charge in [-0.15, -0.1) is 0 Å². The van der Waals surface area contributed by atoms with Crippen LogP contribution in [0.1, 0.15) is 132 Å². The number of benzene rings is 2. The van der Waals surface area contributed by atoms with Crippen molar-refractivity contribution in [3.63, 3.8) is 0 Å². The number of nitro benzene ring substituents is 2. The minimum Gasteiger partial charge on any atom is -0.542 e. The fraction of sp³-hybridized carbons (Fsp3) is 0.643. The Kier molecular flexibility index (Phi) is 21.4. The Morgan fingerprint density at radius 1 is 0.606 bits per heavy atom. The van der Waals surface area contributed by atoms with Gasteiger partial charge in [0.1, 0.15) is 22.6 Å². The van der Waals surface area contributed by atoms with E-state index in [9.17, 15) is 29.8 Å². The molecule has 3 saturated heterocycles. The molecule has 0 saturated carbocycles. The predicted molar refractivity (Wildman–Crippen MR) is 253 cm³/mol. The number of anilines is 2. The molecule has 360 valence electrons. The number of carbonyl (C=O) groups excluding carboxylic acids is 3. The van der Waals surface area contributed by atoms with Gasteiger partial charge in [-0.3, -0.25) is 37.1 Å². The van der Waals surface area contributed by atoms with Gasteiger partial charge in [0.25, 0.3) is 11.4 Å². The van der Waals surface area contributed by atoms with Gasteiger partial charge < -0.3 is 42.2 Å². The van der Waals surface area contributed by atoms with Crippen LogP contribution in [-0.2, 0) is 42.2 Å². The fourth-order valence-electron chi connectivity index (χ4n) is 5.53. The summed E-state index contributed by atoms with van der Waals surface area (Å²) in [5, 5.41) is 26.9. The smallest absolute Gasteiger partial charge is 0.542 e. The molecule has 2 N–H and O–H groups in total. The molecule has 19 nitrogen and oxygen atoms in total. The van der Waals surface area contributed by atoms with Gasteiger partial charge in [-0.2, -0.15) is 6.92 Å². The predicted octanol–water partition coefficient (Wildman–Crippen LogP) is 6.31. The largest absolute Gasteiger partial charge is 1.00 e. The number of halogens is 1. The molecule has 3 fully saturated rings. The number of rotatable bonds is 6. The Balaban J connectivity index is 0.000000488. The topological polar surface area (TPSA) is 235 Å². The summed E-state index contributed by atoms with van der Waals surface area (Å²) >= 11 is 3.18. The first-order valence-corrected chi connectivity index (χ1v) is 21.6. The molecule has 2 aromatic carbocycles. The molecular formula is C42H65B3BrKN4O15. The van der Waals surface area contributed by atoms with Crippen LogP contribution in [-0.4, -0.2) is 94.3 Å². The van der Waals surface area contributed by atoms with Crippen molar-refractivity contribution in [3.8, 4) is 0 Å². The molecule has 24 heteroatoms. The molecule has 0 atom stereocenters. The summed E-state index contributed by atoms with van der Waals surface area (Å²) in [5.41, 5.74) is -3.66. The van der Waals surface area contributed by atoms with Crippen molar-refractivity contribution in [3.05, 3.63) is 61.1 Å². The quantitative estimate of drug-likeness (QED) is 0.140. The summed E-state index contributed by atoms with van der Waals surface area (Å²) in [7, 11) is -1.65. The number of nitrogens with one attached hydrogen (secondary N) is 2. The van der Waals surface area contributed by atoms with Crippen LogP contribution in [0.4, 0.5) is 32.3 Å². The first-order valence-electron chi connectivity index (χ1n) is 20.8. The number of amides is 2. The maximum atomic E-state index is 12.0. The second-order valence-corrected chi connectivity index (χ2v) is 21.2. The van der Waals surface area contributed by atoms with Crippen LogP contribution in [0.15, 0.2) is 40.9 Å². The molecule has 3 heterocycles. The van der Waals surface area contributed by atoms with Crippen LogP contribution in [0.5, 0.6) is 0 Å². The third kappa shape index (κ3) is 17.2. The number of hydrogen-bond donors (Lipinski definition) is 2. The molecule has 3 aliphatic rings. The van der Waals surface area contributed by atoms with E-state index >= 15 is 0 Å². The monoisotopic (exact) mass is 1020 g/mol. The first-order chi connectivity index (χ1) is 29.2. The molecule has 2 aromatic rings. The van der Waals surface area contributed by atoms with E-state index in [4.69, 9.17) is 42.2 Å². The summed E-state index contributed by atoms with van der Waals surface area (Å²) < 4.78 is 46.6. The number of hydrogen-bond acceptors (Lipinski definition) is 15. The molecule has 3 aliphatic heterocycles. The molecule has 0 radical (unpaired) electrons. The summed E-state index contributed by atoms with van der Waals surface area (Å²) in [6.45, 7) is 35.4. The van der Waals surface area contributed by atoms with E-state index in [1.165, 1.54) is 43.5 Å².